The van der Waals surface area contributed by atoms with Gasteiger partial charge in [-0.2, -0.15) is 4.31 Å². The number of rotatable bonds is 9. The van der Waals surface area contributed by atoms with Gasteiger partial charge in [0.25, 0.3) is 0 Å². The molecule has 0 saturated carbocycles. The summed E-state index contributed by atoms with van der Waals surface area (Å²) in [7, 11) is -3.58. The van der Waals surface area contributed by atoms with E-state index in [9.17, 15) is 18.0 Å². The van der Waals surface area contributed by atoms with Gasteiger partial charge in [-0.25, -0.2) is 8.42 Å². The van der Waals surface area contributed by atoms with E-state index in [0.717, 1.165) is 19.5 Å². The average Bonchev–Trinajstić information content (AvgIpc) is 3.29. The molecule has 0 bridgehead atoms. The van der Waals surface area contributed by atoms with Crippen LogP contribution in [0.1, 0.15) is 52.4 Å². The van der Waals surface area contributed by atoms with Crippen molar-refractivity contribution in [3.63, 3.8) is 0 Å². The monoisotopic (exact) mass is 464 g/mol. The molecule has 2 amide bonds. The minimum Gasteiger partial charge on any atom is -0.356 e. The maximum atomic E-state index is 12.9. The van der Waals surface area contributed by atoms with E-state index < -0.39 is 10.0 Å². The van der Waals surface area contributed by atoms with Gasteiger partial charge in [0.2, 0.25) is 21.8 Å². The van der Waals surface area contributed by atoms with Crippen LogP contribution < -0.4 is 10.6 Å². The number of piperidine rings is 1. The number of carbonyl (C=O) groups is 2. The molecule has 8 nitrogen and oxygen atoms in total. The van der Waals surface area contributed by atoms with Crippen molar-refractivity contribution >= 4 is 27.5 Å². The van der Waals surface area contributed by atoms with Crippen molar-refractivity contribution in [1.29, 1.82) is 0 Å². The molecule has 2 heterocycles. The number of hydrogen-bond donors (Lipinski definition) is 2. The summed E-state index contributed by atoms with van der Waals surface area (Å²) in [6.07, 6.45) is 5.32. The molecule has 1 atom stereocenters. The molecule has 0 aliphatic carbocycles. The predicted octanol–water partition coefficient (Wildman–Crippen LogP) is 2.43. The third-order valence-electron chi connectivity index (χ3n) is 6.51. The minimum atomic E-state index is -3.58. The standard InChI is InChI=1S/C23H36N4O4S/c1-18(26-13-3-4-14-26)9-12-24-23(29)17-20-10-15-27(16-11-20)32(30,31)22-7-5-21(6-8-22)25-19(2)28/h5-8,18,20H,3-4,9-17H2,1-2H3,(H,24,29)(H,25,28). The molecule has 0 radical (unpaired) electrons. The zero-order valence-corrected chi connectivity index (χ0v) is 20.0. The highest BCUT2D eigenvalue weighted by atomic mass is 32.2. The van der Waals surface area contributed by atoms with Crippen LogP contribution in [0.4, 0.5) is 5.69 Å². The van der Waals surface area contributed by atoms with Gasteiger partial charge in [-0.05, 0) is 82.3 Å². The van der Waals surface area contributed by atoms with Crippen molar-refractivity contribution in [3.05, 3.63) is 24.3 Å². The van der Waals surface area contributed by atoms with Gasteiger partial charge in [0.15, 0.2) is 0 Å². The van der Waals surface area contributed by atoms with E-state index in [2.05, 4.69) is 22.5 Å². The van der Waals surface area contributed by atoms with Gasteiger partial charge in [-0.1, -0.05) is 0 Å². The molecule has 1 aromatic rings. The Bertz CT molecular complexity index is 874. The van der Waals surface area contributed by atoms with Gasteiger partial charge in [-0.3, -0.25) is 9.59 Å². The molecule has 0 aromatic heterocycles. The largest absolute Gasteiger partial charge is 0.356 e. The highest BCUT2D eigenvalue weighted by Gasteiger charge is 2.30. The number of hydrogen-bond acceptors (Lipinski definition) is 5. The van der Waals surface area contributed by atoms with Gasteiger partial charge in [0, 0.05) is 44.7 Å². The Labute approximate surface area is 191 Å². The van der Waals surface area contributed by atoms with E-state index in [1.165, 1.54) is 36.2 Å². The van der Waals surface area contributed by atoms with Gasteiger partial charge >= 0.3 is 0 Å². The van der Waals surface area contributed by atoms with Crippen LogP contribution in [0.2, 0.25) is 0 Å². The fraction of sp³-hybridized carbons (Fsp3) is 0.652. The molecule has 9 heteroatoms. The molecule has 2 aliphatic rings. The molecule has 0 spiro atoms. The Balaban J connectivity index is 1.40. The van der Waals surface area contributed by atoms with Crippen LogP contribution in [0, 0.1) is 5.92 Å². The van der Waals surface area contributed by atoms with Crippen LogP contribution in [0.25, 0.3) is 0 Å². The van der Waals surface area contributed by atoms with E-state index in [4.69, 9.17) is 0 Å². The normalized spacial score (nSPS) is 19.6. The number of nitrogens with zero attached hydrogens (tertiary/aromatic N) is 2. The van der Waals surface area contributed by atoms with Crippen molar-refractivity contribution < 1.29 is 18.0 Å². The second-order valence-corrected chi connectivity index (χ2v) is 10.9. The van der Waals surface area contributed by atoms with Gasteiger partial charge in [-0.15, -0.1) is 0 Å². The molecular weight excluding hydrogens is 428 g/mol. The molecule has 1 aromatic carbocycles. The lowest BCUT2D eigenvalue weighted by molar-refractivity contribution is -0.122. The smallest absolute Gasteiger partial charge is 0.243 e. The molecule has 3 rings (SSSR count). The number of likely N-dealkylation sites (tertiary alicyclic amines) is 1. The van der Waals surface area contributed by atoms with Crippen LogP contribution >= 0.6 is 0 Å². The number of benzene rings is 1. The van der Waals surface area contributed by atoms with Crippen LogP contribution in [0.5, 0.6) is 0 Å². The zero-order chi connectivity index (χ0) is 23.1. The third-order valence-corrected chi connectivity index (χ3v) is 8.42. The molecule has 178 valence electrons. The number of sulfonamides is 1. The van der Waals surface area contributed by atoms with Crippen LogP contribution in [0.3, 0.4) is 0 Å². The maximum Gasteiger partial charge on any atom is 0.243 e. The lowest BCUT2D eigenvalue weighted by Gasteiger charge is -2.31. The Morgan fingerprint density at radius 2 is 1.69 bits per heavy atom. The summed E-state index contributed by atoms with van der Waals surface area (Å²) in [6, 6.07) is 6.72. The summed E-state index contributed by atoms with van der Waals surface area (Å²) in [5.74, 6) is 0.0703. The first-order valence-corrected chi connectivity index (χ1v) is 13.1. The first-order valence-electron chi connectivity index (χ1n) is 11.6. The van der Waals surface area contributed by atoms with Crippen LogP contribution in [0.15, 0.2) is 29.2 Å². The molecule has 2 N–H and O–H groups in total. The summed E-state index contributed by atoms with van der Waals surface area (Å²) in [6.45, 7) is 7.48. The summed E-state index contributed by atoms with van der Waals surface area (Å²) in [5.41, 5.74) is 0.566. The van der Waals surface area contributed by atoms with E-state index in [0.29, 0.717) is 50.6 Å². The van der Waals surface area contributed by atoms with Crippen molar-refractivity contribution in [2.24, 2.45) is 5.92 Å². The number of amides is 2. The fourth-order valence-electron chi connectivity index (χ4n) is 4.54. The average molecular weight is 465 g/mol. The topological polar surface area (TPSA) is 98.8 Å². The minimum absolute atomic E-state index is 0.0634. The molecule has 2 fully saturated rings. The van der Waals surface area contributed by atoms with Crippen molar-refractivity contribution in [2.75, 3.05) is 38.0 Å². The van der Waals surface area contributed by atoms with Gasteiger partial charge in [0.05, 0.1) is 4.90 Å². The number of carbonyl (C=O) groups excluding carboxylic acids is 2. The second-order valence-electron chi connectivity index (χ2n) is 8.99. The predicted molar refractivity (Wildman–Crippen MR) is 125 cm³/mol. The van der Waals surface area contributed by atoms with Crippen LogP contribution in [-0.4, -0.2) is 68.2 Å². The van der Waals surface area contributed by atoms with Crippen molar-refractivity contribution in [1.82, 2.24) is 14.5 Å². The number of anilines is 1. The van der Waals surface area contributed by atoms with E-state index in [1.54, 1.807) is 12.1 Å². The van der Waals surface area contributed by atoms with E-state index in [1.807, 2.05) is 0 Å². The lowest BCUT2D eigenvalue weighted by atomic mass is 9.94. The quantitative estimate of drug-likeness (QED) is 0.585. The summed E-state index contributed by atoms with van der Waals surface area (Å²) in [4.78, 5) is 26.2. The number of nitrogens with one attached hydrogen (secondary N) is 2. The third kappa shape index (κ3) is 6.76. The molecular formula is C23H36N4O4S. The molecule has 2 saturated heterocycles. The lowest BCUT2D eigenvalue weighted by Crippen LogP contribution is -2.40. The fourth-order valence-corrected chi connectivity index (χ4v) is 6.01. The Hall–Kier alpha value is -1.97. The van der Waals surface area contributed by atoms with E-state index in [-0.39, 0.29) is 22.6 Å². The Morgan fingerprint density at radius 3 is 2.28 bits per heavy atom. The highest BCUT2D eigenvalue weighted by molar-refractivity contribution is 7.89. The zero-order valence-electron chi connectivity index (χ0n) is 19.2. The molecule has 2 aliphatic heterocycles. The molecule has 1 unspecified atom stereocenters. The first kappa shape index (κ1) is 24.7. The van der Waals surface area contributed by atoms with E-state index >= 15 is 0 Å². The molecule has 32 heavy (non-hydrogen) atoms. The highest BCUT2D eigenvalue weighted by Crippen LogP contribution is 2.26. The maximum absolute atomic E-state index is 12.9. The van der Waals surface area contributed by atoms with Crippen molar-refractivity contribution in [2.45, 2.75) is 63.3 Å². The SMILES string of the molecule is CC(=O)Nc1ccc(S(=O)(=O)N2CCC(CC(=O)NCCC(C)N3CCCC3)CC2)cc1. The Morgan fingerprint density at radius 1 is 1.06 bits per heavy atom. The Kier molecular flexibility index (Phi) is 8.67. The van der Waals surface area contributed by atoms with Crippen LogP contribution in [-0.2, 0) is 19.6 Å². The first-order chi connectivity index (χ1) is 15.3. The van der Waals surface area contributed by atoms with Gasteiger partial charge in [0.1, 0.15) is 0 Å². The van der Waals surface area contributed by atoms with Gasteiger partial charge < -0.3 is 15.5 Å². The van der Waals surface area contributed by atoms with Crippen molar-refractivity contribution in [3.8, 4) is 0 Å². The second kappa shape index (κ2) is 11.2. The summed E-state index contributed by atoms with van der Waals surface area (Å²) >= 11 is 0. The summed E-state index contributed by atoms with van der Waals surface area (Å²) < 4.78 is 27.3. The summed E-state index contributed by atoms with van der Waals surface area (Å²) in [5, 5.41) is 5.68.